The molecule has 3 unspecified atom stereocenters. The van der Waals surface area contributed by atoms with Crippen LogP contribution in [-0.4, -0.2) is 45.3 Å². The lowest BCUT2D eigenvalue weighted by atomic mass is 9.86. The second kappa shape index (κ2) is 5.05. The van der Waals surface area contributed by atoms with Crippen molar-refractivity contribution < 1.29 is 14.3 Å². The molecule has 2 aliphatic rings. The second-order valence-corrected chi connectivity index (χ2v) is 4.36. The minimum absolute atomic E-state index is 0.0294. The molecule has 0 aliphatic carbocycles. The maximum Gasteiger partial charge on any atom is 0.145 e. The van der Waals surface area contributed by atoms with Gasteiger partial charge in [0.2, 0.25) is 0 Å². The van der Waals surface area contributed by atoms with Crippen molar-refractivity contribution in [2.45, 2.75) is 18.9 Å². The summed E-state index contributed by atoms with van der Waals surface area (Å²) in [6.07, 6.45) is 1.99. The average Bonchev–Trinajstić information content (AvgIpc) is 2.77. The SMILES string of the molecule is CNC1COCC1C(=O)C1CCCOC1. The van der Waals surface area contributed by atoms with Crippen LogP contribution in [-0.2, 0) is 14.3 Å². The summed E-state index contributed by atoms with van der Waals surface area (Å²) in [4.78, 5) is 12.2. The van der Waals surface area contributed by atoms with E-state index in [-0.39, 0.29) is 17.9 Å². The molecule has 0 radical (unpaired) electrons. The lowest BCUT2D eigenvalue weighted by molar-refractivity contribution is -0.131. The Balaban J connectivity index is 1.93. The number of carbonyl (C=O) groups excluding carboxylic acids is 1. The van der Waals surface area contributed by atoms with Crippen LogP contribution in [0.3, 0.4) is 0 Å². The van der Waals surface area contributed by atoms with Gasteiger partial charge in [0.1, 0.15) is 5.78 Å². The molecule has 2 aliphatic heterocycles. The molecule has 2 rings (SSSR count). The zero-order valence-corrected chi connectivity index (χ0v) is 9.20. The molecular weight excluding hydrogens is 194 g/mol. The summed E-state index contributed by atoms with van der Waals surface area (Å²) >= 11 is 0. The van der Waals surface area contributed by atoms with E-state index in [1.165, 1.54) is 0 Å². The quantitative estimate of drug-likeness (QED) is 0.728. The molecule has 86 valence electrons. The molecule has 4 nitrogen and oxygen atoms in total. The lowest BCUT2D eigenvalue weighted by Crippen LogP contribution is -2.41. The molecule has 2 saturated heterocycles. The first-order chi connectivity index (χ1) is 7.33. The largest absolute Gasteiger partial charge is 0.381 e. The molecule has 0 amide bonds. The second-order valence-electron chi connectivity index (χ2n) is 4.36. The topological polar surface area (TPSA) is 47.6 Å². The predicted molar refractivity (Wildman–Crippen MR) is 55.7 cm³/mol. The van der Waals surface area contributed by atoms with Crippen LogP contribution in [0, 0.1) is 11.8 Å². The van der Waals surface area contributed by atoms with Crippen LogP contribution in [0.25, 0.3) is 0 Å². The molecule has 4 heteroatoms. The number of likely N-dealkylation sites (N-methyl/N-ethyl adjacent to an activating group) is 1. The number of hydrogen-bond acceptors (Lipinski definition) is 4. The van der Waals surface area contributed by atoms with E-state index < -0.39 is 0 Å². The Labute approximate surface area is 90.3 Å². The standard InChI is InChI=1S/C11H19NO3/c1-12-10-7-15-6-9(10)11(13)8-3-2-4-14-5-8/h8-10,12H,2-7H2,1H3. The zero-order chi connectivity index (χ0) is 10.7. The summed E-state index contributed by atoms with van der Waals surface area (Å²) in [6.45, 7) is 2.63. The number of ether oxygens (including phenoxy) is 2. The summed E-state index contributed by atoms with van der Waals surface area (Å²) in [5, 5.41) is 3.15. The maximum atomic E-state index is 12.2. The Morgan fingerprint density at radius 2 is 2.13 bits per heavy atom. The van der Waals surface area contributed by atoms with Crippen molar-refractivity contribution in [3.63, 3.8) is 0 Å². The van der Waals surface area contributed by atoms with E-state index >= 15 is 0 Å². The number of nitrogens with one attached hydrogen (secondary N) is 1. The van der Waals surface area contributed by atoms with Crippen LogP contribution >= 0.6 is 0 Å². The molecule has 0 saturated carbocycles. The van der Waals surface area contributed by atoms with Crippen LogP contribution in [0.4, 0.5) is 0 Å². The van der Waals surface area contributed by atoms with Crippen molar-refractivity contribution in [1.82, 2.24) is 5.32 Å². The fraction of sp³-hybridized carbons (Fsp3) is 0.909. The molecule has 2 fully saturated rings. The molecule has 0 aromatic heterocycles. The summed E-state index contributed by atoms with van der Waals surface area (Å²) in [6, 6.07) is 0.194. The lowest BCUT2D eigenvalue weighted by Gasteiger charge is -2.25. The van der Waals surface area contributed by atoms with Gasteiger partial charge in [-0.1, -0.05) is 0 Å². The normalized spacial score (nSPS) is 36.7. The van der Waals surface area contributed by atoms with E-state index in [1.807, 2.05) is 7.05 Å². The van der Waals surface area contributed by atoms with Crippen molar-refractivity contribution in [2.24, 2.45) is 11.8 Å². The van der Waals surface area contributed by atoms with Crippen LogP contribution in [0.5, 0.6) is 0 Å². The van der Waals surface area contributed by atoms with Gasteiger partial charge in [-0.2, -0.15) is 0 Å². The molecule has 0 spiro atoms. The Bertz CT molecular complexity index is 226. The van der Waals surface area contributed by atoms with E-state index in [1.54, 1.807) is 0 Å². The first-order valence-electron chi connectivity index (χ1n) is 5.69. The monoisotopic (exact) mass is 213 g/mol. The summed E-state index contributed by atoms with van der Waals surface area (Å²) < 4.78 is 10.7. The van der Waals surface area contributed by atoms with Crippen molar-refractivity contribution in [3.05, 3.63) is 0 Å². The first kappa shape index (κ1) is 11.0. The van der Waals surface area contributed by atoms with Gasteiger partial charge in [-0.05, 0) is 19.9 Å². The molecule has 3 atom stereocenters. The Kier molecular flexibility index (Phi) is 3.72. The highest BCUT2D eigenvalue weighted by Gasteiger charge is 2.37. The highest BCUT2D eigenvalue weighted by atomic mass is 16.5. The van der Waals surface area contributed by atoms with Gasteiger partial charge in [0, 0.05) is 18.6 Å². The number of hydrogen-bond donors (Lipinski definition) is 1. The number of Topliss-reactive ketones (excluding diaryl/α,β-unsaturated/α-hetero) is 1. The zero-order valence-electron chi connectivity index (χ0n) is 9.20. The number of carbonyl (C=O) groups is 1. The van der Waals surface area contributed by atoms with Crippen LogP contribution in [0.1, 0.15) is 12.8 Å². The summed E-state index contributed by atoms with van der Waals surface area (Å²) in [5.74, 6) is 0.453. The van der Waals surface area contributed by atoms with Gasteiger partial charge < -0.3 is 14.8 Å². The Hall–Kier alpha value is -0.450. The maximum absolute atomic E-state index is 12.2. The molecular formula is C11H19NO3. The molecule has 2 heterocycles. The molecule has 0 aromatic rings. The van der Waals surface area contributed by atoms with Crippen LogP contribution < -0.4 is 5.32 Å². The fourth-order valence-corrected chi connectivity index (χ4v) is 2.39. The summed E-state index contributed by atoms with van der Waals surface area (Å²) in [5.41, 5.74) is 0. The highest BCUT2D eigenvalue weighted by molar-refractivity contribution is 5.84. The molecule has 0 aromatic carbocycles. The van der Waals surface area contributed by atoms with E-state index in [4.69, 9.17) is 9.47 Å². The van der Waals surface area contributed by atoms with E-state index in [2.05, 4.69) is 5.32 Å². The van der Waals surface area contributed by atoms with Gasteiger partial charge in [-0.15, -0.1) is 0 Å². The third-order valence-corrected chi connectivity index (χ3v) is 3.38. The van der Waals surface area contributed by atoms with Gasteiger partial charge in [0.15, 0.2) is 0 Å². The number of ketones is 1. The van der Waals surface area contributed by atoms with Crippen molar-refractivity contribution in [1.29, 1.82) is 0 Å². The first-order valence-corrected chi connectivity index (χ1v) is 5.69. The average molecular weight is 213 g/mol. The van der Waals surface area contributed by atoms with E-state index in [0.29, 0.717) is 25.6 Å². The molecule has 1 N–H and O–H groups in total. The third kappa shape index (κ3) is 2.38. The minimum Gasteiger partial charge on any atom is -0.381 e. The molecule has 0 bridgehead atoms. The van der Waals surface area contributed by atoms with Crippen molar-refractivity contribution >= 4 is 5.78 Å². The van der Waals surface area contributed by atoms with Gasteiger partial charge in [-0.25, -0.2) is 0 Å². The fourth-order valence-electron chi connectivity index (χ4n) is 2.39. The van der Waals surface area contributed by atoms with Gasteiger partial charge in [-0.3, -0.25) is 4.79 Å². The molecule has 15 heavy (non-hydrogen) atoms. The Morgan fingerprint density at radius 3 is 2.80 bits per heavy atom. The van der Waals surface area contributed by atoms with Crippen LogP contribution in [0.2, 0.25) is 0 Å². The van der Waals surface area contributed by atoms with Gasteiger partial charge in [0.25, 0.3) is 0 Å². The predicted octanol–water partition coefficient (Wildman–Crippen LogP) is 0.216. The van der Waals surface area contributed by atoms with E-state index in [9.17, 15) is 4.79 Å². The highest BCUT2D eigenvalue weighted by Crippen LogP contribution is 2.23. The van der Waals surface area contributed by atoms with Crippen molar-refractivity contribution in [3.8, 4) is 0 Å². The van der Waals surface area contributed by atoms with Crippen LogP contribution in [0.15, 0.2) is 0 Å². The smallest absolute Gasteiger partial charge is 0.145 e. The van der Waals surface area contributed by atoms with Gasteiger partial charge >= 0.3 is 0 Å². The van der Waals surface area contributed by atoms with E-state index in [0.717, 1.165) is 19.4 Å². The third-order valence-electron chi connectivity index (χ3n) is 3.38. The number of rotatable bonds is 3. The minimum atomic E-state index is 0.0294. The van der Waals surface area contributed by atoms with Crippen molar-refractivity contribution in [2.75, 3.05) is 33.5 Å². The Morgan fingerprint density at radius 1 is 1.27 bits per heavy atom. The van der Waals surface area contributed by atoms with Gasteiger partial charge in [0.05, 0.1) is 25.7 Å². The summed E-state index contributed by atoms with van der Waals surface area (Å²) in [7, 11) is 1.89.